The molecule has 0 aliphatic rings. The average molecular weight is 362 g/mol. The fourth-order valence-corrected chi connectivity index (χ4v) is 2.91. The zero-order valence-electron chi connectivity index (χ0n) is 14.9. The fourth-order valence-electron chi connectivity index (χ4n) is 2.91. The minimum Gasteiger partial charge on any atom is -0.318 e. The summed E-state index contributed by atoms with van der Waals surface area (Å²) < 4.78 is 2.00. The first kappa shape index (κ1) is 18.1. The highest BCUT2D eigenvalue weighted by atomic mass is 16.6. The van der Waals surface area contributed by atoms with Crippen LogP contribution < -0.4 is 5.43 Å². The van der Waals surface area contributed by atoms with Crippen LogP contribution in [0.3, 0.4) is 0 Å². The summed E-state index contributed by atoms with van der Waals surface area (Å²) in [6.45, 7) is 3.81. The summed E-state index contributed by atoms with van der Waals surface area (Å²) in [5.41, 5.74) is 6.22. The monoisotopic (exact) mass is 362 g/mol. The Hall–Kier alpha value is -3.74. The first-order valence-corrected chi connectivity index (χ1v) is 8.29. The Bertz CT molecular complexity index is 1020. The molecule has 3 rings (SSSR count). The van der Waals surface area contributed by atoms with E-state index < -0.39 is 4.92 Å². The predicted octanol–water partition coefficient (Wildman–Crippen LogP) is 3.77. The first-order chi connectivity index (χ1) is 13.0. The molecule has 1 amide bonds. The Morgan fingerprint density at radius 1 is 1.11 bits per heavy atom. The number of carbonyl (C=O) groups is 1. The third kappa shape index (κ3) is 3.92. The average Bonchev–Trinajstić information content (AvgIpc) is 2.97. The van der Waals surface area contributed by atoms with E-state index in [1.165, 1.54) is 18.3 Å². The Morgan fingerprint density at radius 3 is 2.56 bits per heavy atom. The third-order valence-electron chi connectivity index (χ3n) is 4.15. The van der Waals surface area contributed by atoms with Crippen LogP contribution in [0.4, 0.5) is 5.69 Å². The van der Waals surface area contributed by atoms with Crippen LogP contribution in [0.1, 0.15) is 27.3 Å². The lowest BCUT2D eigenvalue weighted by Gasteiger charge is -2.09. The molecule has 0 bridgehead atoms. The van der Waals surface area contributed by atoms with Crippen molar-refractivity contribution in [3.05, 3.63) is 93.3 Å². The van der Waals surface area contributed by atoms with Crippen molar-refractivity contribution in [2.24, 2.45) is 5.10 Å². The van der Waals surface area contributed by atoms with E-state index in [9.17, 15) is 14.9 Å². The van der Waals surface area contributed by atoms with Crippen LogP contribution in [0.25, 0.3) is 5.69 Å². The van der Waals surface area contributed by atoms with Gasteiger partial charge in [0.05, 0.1) is 16.7 Å². The number of benzene rings is 2. The molecule has 136 valence electrons. The number of para-hydroxylation sites is 1. The van der Waals surface area contributed by atoms with Gasteiger partial charge in [-0.2, -0.15) is 5.10 Å². The number of carbonyl (C=O) groups excluding carboxylic acids is 1. The number of nitro benzene ring substituents is 1. The molecule has 1 aromatic heterocycles. The molecule has 0 fully saturated rings. The second-order valence-electron chi connectivity index (χ2n) is 6.01. The number of aryl methyl sites for hydroxylation is 1. The summed E-state index contributed by atoms with van der Waals surface area (Å²) in [5, 5.41) is 14.7. The molecule has 27 heavy (non-hydrogen) atoms. The lowest BCUT2D eigenvalue weighted by atomic mass is 10.2. The molecule has 0 radical (unpaired) electrons. The van der Waals surface area contributed by atoms with E-state index in [0.29, 0.717) is 11.1 Å². The van der Waals surface area contributed by atoms with Gasteiger partial charge in [-0.25, -0.2) is 5.43 Å². The molecule has 0 aliphatic heterocycles. The standard InChI is InChI=1S/C20H18N4O3/c1-14-11-19(15(2)23(14)17-8-4-3-5-9-17)20(25)22-21-13-16-7-6-10-18(12-16)24(26)27/h3-13H,1-2H3,(H,22,25)/b21-13+. The topological polar surface area (TPSA) is 89.5 Å². The molecular formula is C20H18N4O3. The van der Waals surface area contributed by atoms with E-state index in [2.05, 4.69) is 10.5 Å². The Balaban J connectivity index is 1.77. The zero-order chi connectivity index (χ0) is 19.4. The maximum Gasteiger partial charge on any atom is 0.273 e. The molecule has 1 heterocycles. The van der Waals surface area contributed by atoms with Crippen LogP contribution in [-0.4, -0.2) is 21.6 Å². The number of nitro groups is 1. The van der Waals surface area contributed by atoms with Crippen molar-refractivity contribution in [3.8, 4) is 5.69 Å². The van der Waals surface area contributed by atoms with Crippen LogP contribution in [0.5, 0.6) is 0 Å². The summed E-state index contributed by atoms with van der Waals surface area (Å²) in [6.07, 6.45) is 1.38. The maximum absolute atomic E-state index is 12.5. The maximum atomic E-state index is 12.5. The van der Waals surface area contributed by atoms with Gasteiger partial charge in [0, 0.05) is 34.8 Å². The van der Waals surface area contributed by atoms with Gasteiger partial charge in [0.15, 0.2) is 0 Å². The summed E-state index contributed by atoms with van der Waals surface area (Å²) in [7, 11) is 0. The molecule has 7 nitrogen and oxygen atoms in total. The minimum absolute atomic E-state index is 0.0308. The minimum atomic E-state index is -0.478. The highest BCUT2D eigenvalue weighted by molar-refractivity contribution is 5.96. The summed E-state index contributed by atoms with van der Waals surface area (Å²) in [6, 6.07) is 17.6. The van der Waals surface area contributed by atoms with Crippen molar-refractivity contribution in [3.63, 3.8) is 0 Å². The second-order valence-corrected chi connectivity index (χ2v) is 6.01. The fraction of sp³-hybridized carbons (Fsp3) is 0.100. The number of hydrogen-bond donors (Lipinski definition) is 1. The highest BCUT2D eigenvalue weighted by Gasteiger charge is 2.16. The summed E-state index contributed by atoms with van der Waals surface area (Å²) in [4.78, 5) is 22.8. The Kier molecular flexibility index (Phi) is 5.12. The summed E-state index contributed by atoms with van der Waals surface area (Å²) >= 11 is 0. The predicted molar refractivity (Wildman–Crippen MR) is 103 cm³/mol. The number of hydrazone groups is 1. The Morgan fingerprint density at radius 2 is 1.85 bits per heavy atom. The molecule has 0 saturated carbocycles. The Labute approximate surface area is 156 Å². The zero-order valence-corrected chi connectivity index (χ0v) is 14.9. The number of amides is 1. The quantitative estimate of drug-likeness (QED) is 0.426. The van der Waals surface area contributed by atoms with Gasteiger partial charge in [-0.3, -0.25) is 14.9 Å². The molecule has 0 aliphatic carbocycles. The van der Waals surface area contributed by atoms with E-state index in [4.69, 9.17) is 0 Å². The molecule has 0 unspecified atom stereocenters. The molecular weight excluding hydrogens is 344 g/mol. The van der Waals surface area contributed by atoms with Gasteiger partial charge >= 0.3 is 0 Å². The molecule has 2 aromatic carbocycles. The SMILES string of the molecule is Cc1cc(C(=O)N/N=C/c2cccc([N+](=O)[O-])c2)c(C)n1-c1ccccc1. The van der Waals surface area contributed by atoms with Gasteiger partial charge in [0.25, 0.3) is 11.6 Å². The number of aromatic nitrogens is 1. The normalized spacial score (nSPS) is 10.9. The lowest BCUT2D eigenvalue weighted by molar-refractivity contribution is -0.384. The van der Waals surface area contributed by atoms with Crippen molar-refractivity contribution in [1.29, 1.82) is 0 Å². The van der Waals surface area contributed by atoms with Gasteiger partial charge in [-0.1, -0.05) is 30.3 Å². The van der Waals surface area contributed by atoms with Crippen LogP contribution >= 0.6 is 0 Å². The molecule has 3 aromatic rings. The second kappa shape index (κ2) is 7.65. The number of nitrogens with zero attached hydrogens (tertiary/aromatic N) is 3. The summed E-state index contributed by atoms with van der Waals surface area (Å²) in [5.74, 6) is -0.341. The molecule has 0 atom stereocenters. The van der Waals surface area contributed by atoms with Crippen molar-refractivity contribution >= 4 is 17.8 Å². The number of nitrogens with one attached hydrogen (secondary N) is 1. The van der Waals surface area contributed by atoms with E-state index in [-0.39, 0.29) is 11.6 Å². The van der Waals surface area contributed by atoms with E-state index in [1.807, 2.05) is 48.7 Å². The van der Waals surface area contributed by atoms with E-state index in [1.54, 1.807) is 18.2 Å². The van der Waals surface area contributed by atoms with E-state index >= 15 is 0 Å². The van der Waals surface area contributed by atoms with Crippen molar-refractivity contribution in [2.45, 2.75) is 13.8 Å². The van der Waals surface area contributed by atoms with Crippen molar-refractivity contribution in [1.82, 2.24) is 9.99 Å². The third-order valence-corrected chi connectivity index (χ3v) is 4.15. The van der Waals surface area contributed by atoms with Gasteiger partial charge < -0.3 is 4.57 Å². The smallest absolute Gasteiger partial charge is 0.273 e. The largest absolute Gasteiger partial charge is 0.318 e. The van der Waals surface area contributed by atoms with Gasteiger partial charge in [-0.05, 0) is 32.0 Å². The molecule has 7 heteroatoms. The van der Waals surface area contributed by atoms with E-state index in [0.717, 1.165) is 17.1 Å². The molecule has 1 N–H and O–H groups in total. The number of rotatable bonds is 5. The lowest BCUT2D eigenvalue weighted by Crippen LogP contribution is -2.18. The highest BCUT2D eigenvalue weighted by Crippen LogP contribution is 2.20. The van der Waals surface area contributed by atoms with Gasteiger partial charge in [-0.15, -0.1) is 0 Å². The van der Waals surface area contributed by atoms with Crippen LogP contribution in [0, 0.1) is 24.0 Å². The van der Waals surface area contributed by atoms with Crippen LogP contribution in [0.15, 0.2) is 65.8 Å². The van der Waals surface area contributed by atoms with Crippen LogP contribution in [-0.2, 0) is 0 Å². The van der Waals surface area contributed by atoms with Gasteiger partial charge in [0.2, 0.25) is 0 Å². The number of hydrogen-bond acceptors (Lipinski definition) is 4. The molecule has 0 spiro atoms. The number of non-ortho nitro benzene ring substituents is 1. The van der Waals surface area contributed by atoms with Gasteiger partial charge in [0.1, 0.15) is 0 Å². The van der Waals surface area contributed by atoms with Crippen LogP contribution in [0.2, 0.25) is 0 Å². The van der Waals surface area contributed by atoms with Crippen molar-refractivity contribution in [2.75, 3.05) is 0 Å². The first-order valence-electron chi connectivity index (χ1n) is 8.29. The molecule has 0 saturated heterocycles. The van der Waals surface area contributed by atoms with Crippen molar-refractivity contribution < 1.29 is 9.72 Å².